The predicted octanol–water partition coefficient (Wildman–Crippen LogP) is 3.20. The van der Waals surface area contributed by atoms with Gasteiger partial charge in [-0.15, -0.1) is 0 Å². The van der Waals surface area contributed by atoms with Crippen molar-refractivity contribution in [3.63, 3.8) is 0 Å². The molecule has 2 amide bonds. The number of piperazine rings is 1. The van der Waals surface area contributed by atoms with Gasteiger partial charge in [-0.1, -0.05) is 12.1 Å². The highest BCUT2D eigenvalue weighted by atomic mass is 16.5. The summed E-state index contributed by atoms with van der Waals surface area (Å²) in [4.78, 5) is 19.4. The summed E-state index contributed by atoms with van der Waals surface area (Å²) in [5, 5.41) is 3.25. The van der Waals surface area contributed by atoms with E-state index in [1.54, 1.807) is 14.2 Å². The van der Waals surface area contributed by atoms with Gasteiger partial charge in [0.25, 0.3) is 0 Å². The number of nitrogens with one attached hydrogen (secondary N) is 1. The first kappa shape index (κ1) is 21.2. The Hall–Kier alpha value is -3.09. The predicted molar refractivity (Wildman–Crippen MR) is 124 cm³/mol. The molecule has 0 saturated carbocycles. The van der Waals surface area contributed by atoms with Gasteiger partial charge in [-0.05, 0) is 49.2 Å². The van der Waals surface area contributed by atoms with Crippen LogP contribution < -0.4 is 24.6 Å². The lowest BCUT2D eigenvalue weighted by Gasteiger charge is -2.38. The normalized spacial score (nSPS) is 17.4. The van der Waals surface area contributed by atoms with Gasteiger partial charge in [-0.25, -0.2) is 4.79 Å². The number of piperidine rings is 1. The van der Waals surface area contributed by atoms with Crippen LogP contribution in [0.5, 0.6) is 11.5 Å². The van der Waals surface area contributed by atoms with E-state index in [1.807, 2.05) is 35.2 Å². The molecule has 31 heavy (non-hydrogen) atoms. The third-order valence-corrected chi connectivity index (χ3v) is 6.25. The molecule has 0 spiro atoms. The van der Waals surface area contributed by atoms with Crippen molar-refractivity contribution >= 4 is 17.4 Å². The number of benzene rings is 2. The van der Waals surface area contributed by atoms with Gasteiger partial charge < -0.3 is 29.5 Å². The fourth-order valence-electron chi connectivity index (χ4n) is 4.38. The van der Waals surface area contributed by atoms with E-state index in [4.69, 9.17) is 9.47 Å². The summed E-state index contributed by atoms with van der Waals surface area (Å²) < 4.78 is 10.7. The maximum absolute atomic E-state index is 12.8. The number of rotatable bonds is 5. The Labute approximate surface area is 184 Å². The number of urea groups is 1. The average molecular weight is 425 g/mol. The van der Waals surface area contributed by atoms with Crippen LogP contribution in [0.4, 0.5) is 16.2 Å². The quantitative estimate of drug-likeness (QED) is 0.799. The van der Waals surface area contributed by atoms with Gasteiger partial charge in [-0.2, -0.15) is 0 Å². The Balaban J connectivity index is 1.23. The third kappa shape index (κ3) is 4.98. The van der Waals surface area contributed by atoms with Crippen molar-refractivity contribution in [2.45, 2.75) is 18.9 Å². The van der Waals surface area contributed by atoms with E-state index in [2.05, 4.69) is 33.3 Å². The second-order valence-corrected chi connectivity index (χ2v) is 8.05. The number of ether oxygens (including phenoxy) is 2. The minimum atomic E-state index is 0.0579. The molecular weight excluding hydrogens is 392 g/mol. The summed E-state index contributed by atoms with van der Waals surface area (Å²) in [5.74, 6) is 1.75. The Bertz CT molecular complexity index is 857. The molecule has 2 aliphatic rings. The van der Waals surface area contributed by atoms with Crippen LogP contribution in [0.3, 0.4) is 0 Å². The number of methoxy groups -OCH3 is 2. The minimum absolute atomic E-state index is 0.0579. The van der Waals surface area contributed by atoms with Crippen LogP contribution in [0.2, 0.25) is 0 Å². The van der Waals surface area contributed by atoms with Gasteiger partial charge in [0, 0.05) is 51.0 Å². The zero-order valence-electron chi connectivity index (χ0n) is 18.4. The zero-order chi connectivity index (χ0) is 21.6. The minimum Gasteiger partial charge on any atom is -0.497 e. The molecule has 0 aromatic heterocycles. The van der Waals surface area contributed by atoms with Crippen molar-refractivity contribution in [2.75, 3.05) is 63.3 Å². The first-order chi connectivity index (χ1) is 15.2. The summed E-state index contributed by atoms with van der Waals surface area (Å²) in [7, 11) is 3.38. The van der Waals surface area contributed by atoms with E-state index in [0.29, 0.717) is 13.1 Å². The second kappa shape index (κ2) is 9.81. The molecule has 0 radical (unpaired) electrons. The molecule has 0 aliphatic carbocycles. The summed E-state index contributed by atoms with van der Waals surface area (Å²) in [5.41, 5.74) is 2.30. The molecule has 2 aromatic rings. The molecule has 2 aliphatic heterocycles. The second-order valence-electron chi connectivity index (χ2n) is 8.05. The Morgan fingerprint density at radius 1 is 0.839 bits per heavy atom. The molecule has 1 N–H and O–H groups in total. The van der Waals surface area contributed by atoms with E-state index in [-0.39, 0.29) is 12.1 Å². The highest BCUT2D eigenvalue weighted by molar-refractivity contribution is 5.75. The Kier molecular flexibility index (Phi) is 6.70. The van der Waals surface area contributed by atoms with Gasteiger partial charge in [0.1, 0.15) is 11.5 Å². The first-order valence-corrected chi connectivity index (χ1v) is 11.0. The smallest absolute Gasteiger partial charge is 0.317 e. The number of hydrogen-bond acceptors (Lipinski definition) is 5. The largest absolute Gasteiger partial charge is 0.497 e. The van der Waals surface area contributed by atoms with Crippen LogP contribution in [0.15, 0.2) is 48.5 Å². The number of nitrogens with zero attached hydrogens (tertiary/aromatic N) is 3. The molecule has 2 saturated heterocycles. The monoisotopic (exact) mass is 424 g/mol. The van der Waals surface area contributed by atoms with Crippen LogP contribution >= 0.6 is 0 Å². The van der Waals surface area contributed by atoms with Crippen molar-refractivity contribution in [1.82, 2.24) is 10.2 Å². The molecule has 0 bridgehead atoms. The number of hydrogen-bond donors (Lipinski definition) is 1. The lowest BCUT2D eigenvalue weighted by molar-refractivity contribution is 0.188. The maximum Gasteiger partial charge on any atom is 0.317 e. The van der Waals surface area contributed by atoms with Crippen molar-refractivity contribution in [1.29, 1.82) is 0 Å². The first-order valence-electron chi connectivity index (χ1n) is 11.0. The number of anilines is 2. The SMILES string of the molecule is COc1ccc(N2CCC(NC(=O)N3CCN(c4ccccc4OC)CC3)CC2)cc1. The molecule has 166 valence electrons. The van der Waals surface area contributed by atoms with Crippen LogP contribution in [0.25, 0.3) is 0 Å². The molecule has 0 atom stereocenters. The molecule has 2 heterocycles. The highest BCUT2D eigenvalue weighted by Crippen LogP contribution is 2.28. The van der Waals surface area contributed by atoms with Crippen molar-refractivity contribution in [2.24, 2.45) is 0 Å². The lowest BCUT2D eigenvalue weighted by Crippen LogP contribution is -2.55. The van der Waals surface area contributed by atoms with E-state index >= 15 is 0 Å². The molecule has 7 heteroatoms. The topological polar surface area (TPSA) is 57.3 Å². The van der Waals surface area contributed by atoms with E-state index in [0.717, 1.165) is 56.2 Å². The van der Waals surface area contributed by atoms with Crippen molar-refractivity contribution in [3.05, 3.63) is 48.5 Å². The molecular formula is C24H32N4O3. The number of carbonyl (C=O) groups excluding carboxylic acids is 1. The number of carbonyl (C=O) groups is 1. The van der Waals surface area contributed by atoms with E-state index < -0.39 is 0 Å². The van der Waals surface area contributed by atoms with Gasteiger partial charge in [-0.3, -0.25) is 0 Å². The standard InChI is InChI=1S/C24H32N4O3/c1-30-21-9-7-20(8-10-21)26-13-11-19(12-14-26)25-24(29)28-17-15-27(16-18-28)22-5-3-4-6-23(22)31-2/h3-10,19H,11-18H2,1-2H3,(H,25,29). The number of amides is 2. The van der Waals surface area contributed by atoms with Crippen LogP contribution in [0.1, 0.15) is 12.8 Å². The van der Waals surface area contributed by atoms with Crippen molar-refractivity contribution < 1.29 is 14.3 Å². The molecule has 7 nitrogen and oxygen atoms in total. The molecule has 4 rings (SSSR count). The number of para-hydroxylation sites is 2. The Morgan fingerprint density at radius 2 is 1.52 bits per heavy atom. The molecule has 0 unspecified atom stereocenters. The summed E-state index contributed by atoms with van der Waals surface area (Å²) in [6.07, 6.45) is 1.91. The van der Waals surface area contributed by atoms with Crippen LogP contribution in [-0.4, -0.2) is 70.5 Å². The summed E-state index contributed by atoms with van der Waals surface area (Å²) >= 11 is 0. The molecule has 2 fully saturated rings. The fraction of sp³-hybridized carbons (Fsp3) is 0.458. The third-order valence-electron chi connectivity index (χ3n) is 6.25. The van der Waals surface area contributed by atoms with Gasteiger partial charge in [0.05, 0.1) is 19.9 Å². The Morgan fingerprint density at radius 3 is 2.16 bits per heavy atom. The van der Waals surface area contributed by atoms with E-state index in [9.17, 15) is 4.79 Å². The van der Waals surface area contributed by atoms with E-state index in [1.165, 1.54) is 5.69 Å². The fourth-order valence-corrected chi connectivity index (χ4v) is 4.38. The highest BCUT2D eigenvalue weighted by Gasteiger charge is 2.26. The average Bonchev–Trinajstić information content (AvgIpc) is 2.84. The lowest BCUT2D eigenvalue weighted by atomic mass is 10.0. The summed E-state index contributed by atoms with van der Waals surface area (Å²) in [6, 6.07) is 16.5. The zero-order valence-corrected chi connectivity index (χ0v) is 18.4. The van der Waals surface area contributed by atoms with Gasteiger partial charge in [0.2, 0.25) is 0 Å². The summed E-state index contributed by atoms with van der Waals surface area (Å²) in [6.45, 7) is 4.94. The maximum atomic E-state index is 12.8. The molecule has 2 aromatic carbocycles. The van der Waals surface area contributed by atoms with Crippen LogP contribution in [0, 0.1) is 0 Å². The van der Waals surface area contributed by atoms with Gasteiger partial charge in [0.15, 0.2) is 0 Å². The van der Waals surface area contributed by atoms with Gasteiger partial charge >= 0.3 is 6.03 Å². The van der Waals surface area contributed by atoms with Crippen LogP contribution in [-0.2, 0) is 0 Å². The van der Waals surface area contributed by atoms with Crippen molar-refractivity contribution in [3.8, 4) is 11.5 Å².